The van der Waals surface area contributed by atoms with Crippen molar-refractivity contribution in [3.05, 3.63) is 33.4 Å². The lowest BCUT2D eigenvalue weighted by Crippen LogP contribution is -2.24. The second-order valence-electron chi connectivity index (χ2n) is 6.44. The van der Waals surface area contributed by atoms with Gasteiger partial charge in [0, 0.05) is 23.8 Å². The number of aromatic nitrogens is 2. The third-order valence-electron chi connectivity index (χ3n) is 4.77. The van der Waals surface area contributed by atoms with Gasteiger partial charge in [-0.2, -0.15) is 0 Å². The topological polar surface area (TPSA) is 44.1 Å². The van der Waals surface area contributed by atoms with Crippen LogP contribution in [0.4, 0.5) is 0 Å². The minimum atomic E-state index is 0.106. The number of rotatable bonds is 5. The van der Waals surface area contributed by atoms with Crippen LogP contribution in [0.1, 0.15) is 36.1 Å². The van der Waals surface area contributed by atoms with Crippen LogP contribution in [0.15, 0.2) is 22.6 Å². The van der Waals surface area contributed by atoms with Crippen LogP contribution in [0.3, 0.4) is 0 Å². The second-order valence-corrected chi connectivity index (χ2v) is 8.51. The van der Waals surface area contributed by atoms with Crippen LogP contribution in [0, 0.1) is 0 Å². The molecule has 1 saturated heterocycles. The zero-order valence-electron chi connectivity index (χ0n) is 13.8. The van der Waals surface area contributed by atoms with Crippen molar-refractivity contribution in [2.45, 2.75) is 56.3 Å². The summed E-state index contributed by atoms with van der Waals surface area (Å²) in [6, 6.07) is 0. The molecule has 0 aromatic carbocycles. The minimum absolute atomic E-state index is 0.106. The summed E-state index contributed by atoms with van der Waals surface area (Å²) >= 11 is 3.36. The first-order valence-electron chi connectivity index (χ1n) is 8.68. The number of aryl methyl sites for hydroxylation is 2. The Morgan fingerprint density at radius 1 is 1.38 bits per heavy atom. The number of thiophene rings is 1. The maximum atomic E-state index is 13.1. The van der Waals surface area contributed by atoms with Gasteiger partial charge in [-0.3, -0.25) is 9.36 Å². The fourth-order valence-corrected chi connectivity index (χ4v) is 5.94. The van der Waals surface area contributed by atoms with E-state index in [2.05, 4.69) is 6.58 Å². The quantitative estimate of drug-likeness (QED) is 0.461. The van der Waals surface area contributed by atoms with E-state index in [9.17, 15) is 4.79 Å². The summed E-state index contributed by atoms with van der Waals surface area (Å²) in [6.45, 7) is 5.18. The van der Waals surface area contributed by atoms with Crippen molar-refractivity contribution in [2.75, 3.05) is 12.4 Å². The van der Waals surface area contributed by atoms with Gasteiger partial charge in [-0.15, -0.1) is 17.9 Å². The lowest BCUT2D eigenvalue weighted by Gasteiger charge is -2.13. The summed E-state index contributed by atoms with van der Waals surface area (Å²) < 4.78 is 7.49. The first kappa shape index (κ1) is 16.4. The number of allylic oxidation sites excluding steroid dienone is 1. The van der Waals surface area contributed by atoms with E-state index in [4.69, 9.17) is 9.72 Å². The first-order chi connectivity index (χ1) is 11.8. The van der Waals surface area contributed by atoms with E-state index < -0.39 is 0 Å². The Morgan fingerprint density at radius 2 is 2.25 bits per heavy atom. The monoisotopic (exact) mass is 362 g/mol. The Morgan fingerprint density at radius 3 is 3.04 bits per heavy atom. The number of ether oxygens (including phenoxy) is 1. The van der Waals surface area contributed by atoms with Crippen molar-refractivity contribution in [3.63, 3.8) is 0 Å². The lowest BCUT2D eigenvalue weighted by atomic mass is 9.97. The van der Waals surface area contributed by atoms with Crippen molar-refractivity contribution < 1.29 is 4.74 Å². The van der Waals surface area contributed by atoms with Crippen LogP contribution < -0.4 is 5.56 Å². The Hall–Kier alpha value is -1.11. The molecule has 2 aromatic heterocycles. The molecule has 0 saturated carbocycles. The number of thioether (sulfide) groups is 1. The van der Waals surface area contributed by atoms with Crippen molar-refractivity contribution in [3.8, 4) is 0 Å². The van der Waals surface area contributed by atoms with Crippen LogP contribution in [-0.4, -0.2) is 28.0 Å². The van der Waals surface area contributed by atoms with Crippen LogP contribution in [0.2, 0.25) is 0 Å². The molecule has 1 atom stereocenters. The highest BCUT2D eigenvalue weighted by Crippen LogP contribution is 2.35. The maximum absolute atomic E-state index is 13.1. The molecule has 1 fully saturated rings. The Balaban J connectivity index is 1.75. The van der Waals surface area contributed by atoms with E-state index in [0.29, 0.717) is 6.54 Å². The molecule has 128 valence electrons. The van der Waals surface area contributed by atoms with E-state index in [-0.39, 0.29) is 11.7 Å². The average molecular weight is 363 g/mol. The van der Waals surface area contributed by atoms with Crippen LogP contribution >= 0.6 is 23.1 Å². The summed E-state index contributed by atoms with van der Waals surface area (Å²) in [6.07, 6.45) is 8.82. The molecule has 1 unspecified atom stereocenters. The largest absolute Gasteiger partial charge is 0.377 e. The second kappa shape index (κ2) is 7.02. The fourth-order valence-electron chi connectivity index (χ4n) is 3.56. The molecule has 2 aromatic rings. The molecule has 2 aliphatic rings. The van der Waals surface area contributed by atoms with Crippen LogP contribution in [-0.2, 0) is 24.1 Å². The van der Waals surface area contributed by atoms with Crippen molar-refractivity contribution in [1.82, 2.24) is 9.55 Å². The molecule has 0 radical (unpaired) electrons. The number of nitrogens with zero attached hydrogens (tertiary/aromatic N) is 2. The standard InChI is InChI=1S/C18H22N2O2S2/c1-2-9-20-17(21)15-13-7-3-4-8-14(13)24-16(15)19-18(20)23-11-12-6-5-10-22-12/h2,12H,1,3-11H2. The molecule has 0 N–H and O–H groups in total. The molecule has 0 amide bonds. The van der Waals surface area contributed by atoms with Gasteiger partial charge < -0.3 is 4.74 Å². The maximum Gasteiger partial charge on any atom is 0.263 e. The number of hydrogen-bond acceptors (Lipinski definition) is 5. The van der Waals surface area contributed by atoms with Gasteiger partial charge in [-0.25, -0.2) is 4.98 Å². The van der Waals surface area contributed by atoms with Gasteiger partial charge in [-0.1, -0.05) is 17.8 Å². The molecule has 24 heavy (non-hydrogen) atoms. The third kappa shape index (κ3) is 2.95. The van der Waals surface area contributed by atoms with E-state index >= 15 is 0 Å². The molecule has 4 nitrogen and oxygen atoms in total. The SMILES string of the molecule is C=CCn1c(SCC2CCCO2)nc2sc3c(c2c1=O)CCCC3. The molecular formula is C18H22N2O2S2. The van der Waals surface area contributed by atoms with E-state index in [0.717, 1.165) is 53.4 Å². The van der Waals surface area contributed by atoms with Crippen molar-refractivity contribution in [1.29, 1.82) is 0 Å². The van der Waals surface area contributed by atoms with Crippen LogP contribution in [0.5, 0.6) is 0 Å². The third-order valence-corrected chi connectivity index (χ3v) is 7.07. The van der Waals surface area contributed by atoms with Gasteiger partial charge in [0.25, 0.3) is 5.56 Å². The van der Waals surface area contributed by atoms with Gasteiger partial charge in [0.05, 0.1) is 11.5 Å². The Bertz CT molecular complexity index is 819. The highest BCUT2D eigenvalue weighted by molar-refractivity contribution is 7.99. The molecule has 1 aliphatic heterocycles. The first-order valence-corrected chi connectivity index (χ1v) is 10.5. The summed E-state index contributed by atoms with van der Waals surface area (Å²) in [5, 5.41) is 1.67. The van der Waals surface area contributed by atoms with E-state index in [1.165, 1.54) is 23.3 Å². The van der Waals surface area contributed by atoms with Crippen molar-refractivity contribution >= 4 is 33.3 Å². The van der Waals surface area contributed by atoms with Gasteiger partial charge in [0.15, 0.2) is 5.16 Å². The zero-order valence-corrected chi connectivity index (χ0v) is 15.4. The number of fused-ring (bicyclic) bond motifs is 3. The average Bonchev–Trinajstić information content (AvgIpc) is 3.22. The molecule has 1 aliphatic carbocycles. The predicted octanol–water partition coefficient (Wildman–Crippen LogP) is 3.79. The van der Waals surface area contributed by atoms with Gasteiger partial charge in [0.1, 0.15) is 4.83 Å². The Kier molecular flexibility index (Phi) is 4.79. The molecule has 3 heterocycles. The molecule has 6 heteroatoms. The van der Waals surface area contributed by atoms with Crippen molar-refractivity contribution in [2.24, 2.45) is 0 Å². The zero-order chi connectivity index (χ0) is 16.5. The summed E-state index contributed by atoms with van der Waals surface area (Å²) in [5.41, 5.74) is 1.36. The summed E-state index contributed by atoms with van der Waals surface area (Å²) in [7, 11) is 0. The summed E-state index contributed by atoms with van der Waals surface area (Å²) in [5.74, 6) is 0.861. The van der Waals surface area contributed by atoms with Gasteiger partial charge in [-0.05, 0) is 44.1 Å². The molecule has 0 spiro atoms. The lowest BCUT2D eigenvalue weighted by molar-refractivity contribution is 0.129. The highest BCUT2D eigenvalue weighted by atomic mass is 32.2. The predicted molar refractivity (Wildman–Crippen MR) is 100 cm³/mol. The molecular weight excluding hydrogens is 340 g/mol. The van der Waals surface area contributed by atoms with Gasteiger partial charge in [0.2, 0.25) is 0 Å². The smallest absolute Gasteiger partial charge is 0.263 e. The normalized spacial score (nSPS) is 20.4. The minimum Gasteiger partial charge on any atom is -0.377 e. The number of hydrogen-bond donors (Lipinski definition) is 0. The highest BCUT2D eigenvalue weighted by Gasteiger charge is 2.23. The summed E-state index contributed by atoms with van der Waals surface area (Å²) in [4.78, 5) is 20.3. The Labute approximate surface area is 149 Å². The van der Waals surface area contributed by atoms with E-state index in [1.807, 2.05) is 0 Å². The molecule has 0 bridgehead atoms. The van der Waals surface area contributed by atoms with Crippen LogP contribution in [0.25, 0.3) is 10.2 Å². The fraction of sp³-hybridized carbons (Fsp3) is 0.556. The van der Waals surface area contributed by atoms with Gasteiger partial charge >= 0.3 is 0 Å². The molecule has 4 rings (SSSR count). The van der Waals surface area contributed by atoms with E-state index in [1.54, 1.807) is 33.7 Å².